The van der Waals surface area contributed by atoms with Crippen LogP contribution in [0.15, 0.2) is 24.3 Å². The minimum absolute atomic E-state index is 0.115. The summed E-state index contributed by atoms with van der Waals surface area (Å²) in [7, 11) is 0. The third-order valence-corrected chi connectivity index (χ3v) is 2.09. The van der Waals surface area contributed by atoms with Crippen molar-refractivity contribution in [1.82, 2.24) is 0 Å². The van der Waals surface area contributed by atoms with Crippen LogP contribution in [-0.4, -0.2) is 27.1 Å². The lowest BCUT2D eigenvalue weighted by Gasteiger charge is -2.02. The lowest BCUT2D eigenvalue weighted by atomic mass is 10.0. The van der Waals surface area contributed by atoms with E-state index in [2.05, 4.69) is 0 Å². The minimum Gasteiger partial charge on any atom is -0.481 e. The maximum absolute atomic E-state index is 10.9. The van der Waals surface area contributed by atoms with Crippen LogP contribution in [0.25, 0.3) is 6.08 Å². The highest BCUT2D eigenvalue weighted by Crippen LogP contribution is 2.24. The average molecular weight is 251 g/mol. The summed E-state index contributed by atoms with van der Waals surface area (Å²) in [5.41, 5.74) is -0.737. The topological polar surface area (TPSA) is 118 Å². The van der Waals surface area contributed by atoms with Gasteiger partial charge in [-0.25, -0.2) is 4.79 Å². The predicted octanol–water partition coefficient (Wildman–Crippen LogP) is 1.78. The first-order valence-corrected chi connectivity index (χ1v) is 4.82. The van der Waals surface area contributed by atoms with Crippen LogP contribution < -0.4 is 0 Å². The molecule has 7 heteroatoms. The number of carbonyl (C=O) groups is 2. The number of hydrogen-bond donors (Lipinski definition) is 2. The number of aliphatic carboxylic acids is 1. The second kappa shape index (κ2) is 5.58. The van der Waals surface area contributed by atoms with E-state index in [0.717, 1.165) is 18.2 Å². The standard InChI is InChI=1S/C11H9NO6/c13-10(14)6-2-3-7-8(11(15)16)4-1-5-9(7)12(17)18/h1-5H,6H2,(H,13,14)(H,15,16). The smallest absolute Gasteiger partial charge is 0.336 e. The van der Waals surface area contributed by atoms with E-state index in [1.165, 1.54) is 12.1 Å². The van der Waals surface area contributed by atoms with E-state index in [1.54, 1.807) is 0 Å². The number of nitro benzene ring substituents is 1. The molecule has 0 aromatic heterocycles. The van der Waals surface area contributed by atoms with Crippen molar-refractivity contribution in [3.8, 4) is 0 Å². The molecule has 0 atom stereocenters. The Morgan fingerprint density at radius 2 is 2.00 bits per heavy atom. The molecule has 0 saturated carbocycles. The molecule has 0 aliphatic heterocycles. The van der Waals surface area contributed by atoms with E-state index in [1.807, 2.05) is 0 Å². The highest BCUT2D eigenvalue weighted by atomic mass is 16.6. The molecular formula is C11H9NO6. The molecule has 0 spiro atoms. The van der Waals surface area contributed by atoms with Gasteiger partial charge in [0, 0.05) is 6.07 Å². The monoisotopic (exact) mass is 251 g/mol. The fourth-order valence-corrected chi connectivity index (χ4v) is 1.35. The first-order valence-electron chi connectivity index (χ1n) is 4.82. The first kappa shape index (κ1) is 13.4. The summed E-state index contributed by atoms with van der Waals surface area (Å²) in [5.74, 6) is -2.42. The van der Waals surface area contributed by atoms with Gasteiger partial charge in [0.05, 0.1) is 22.5 Å². The van der Waals surface area contributed by atoms with Gasteiger partial charge in [0.2, 0.25) is 0 Å². The van der Waals surface area contributed by atoms with Crippen LogP contribution in [-0.2, 0) is 4.79 Å². The normalized spacial score (nSPS) is 10.4. The molecule has 0 radical (unpaired) electrons. The Bertz CT molecular complexity index is 502. The Balaban J connectivity index is 3.27. The van der Waals surface area contributed by atoms with Gasteiger partial charge in [-0.05, 0) is 6.07 Å². The minimum atomic E-state index is -1.31. The van der Waals surface area contributed by atoms with Gasteiger partial charge in [-0.1, -0.05) is 18.2 Å². The van der Waals surface area contributed by atoms with Gasteiger partial charge in [-0.3, -0.25) is 14.9 Å². The molecule has 0 heterocycles. The van der Waals surface area contributed by atoms with E-state index in [9.17, 15) is 19.7 Å². The Hall–Kier alpha value is -2.70. The third kappa shape index (κ3) is 3.14. The van der Waals surface area contributed by atoms with Gasteiger partial charge in [0.25, 0.3) is 5.69 Å². The van der Waals surface area contributed by atoms with Crippen molar-refractivity contribution >= 4 is 23.7 Å². The fraction of sp³-hybridized carbons (Fsp3) is 0.0909. The summed E-state index contributed by atoms with van der Waals surface area (Å²) in [6.45, 7) is 0. The molecule has 0 bridgehead atoms. The van der Waals surface area contributed by atoms with Crippen molar-refractivity contribution in [3.63, 3.8) is 0 Å². The maximum Gasteiger partial charge on any atom is 0.336 e. The van der Waals surface area contributed by atoms with E-state index in [4.69, 9.17) is 10.2 Å². The van der Waals surface area contributed by atoms with Crippen LogP contribution in [0.3, 0.4) is 0 Å². The Morgan fingerprint density at radius 1 is 1.33 bits per heavy atom. The molecule has 0 saturated heterocycles. The molecule has 1 aromatic rings. The predicted molar refractivity (Wildman–Crippen MR) is 61.3 cm³/mol. The van der Waals surface area contributed by atoms with Crippen molar-refractivity contribution in [2.75, 3.05) is 0 Å². The number of hydrogen-bond acceptors (Lipinski definition) is 4. The van der Waals surface area contributed by atoms with Crippen molar-refractivity contribution in [3.05, 3.63) is 45.5 Å². The maximum atomic E-state index is 10.9. The second-order valence-corrected chi connectivity index (χ2v) is 3.30. The molecular weight excluding hydrogens is 242 g/mol. The Kier molecular flexibility index (Phi) is 4.14. The molecule has 7 nitrogen and oxygen atoms in total. The Labute approximate surface area is 101 Å². The lowest BCUT2D eigenvalue weighted by Crippen LogP contribution is -2.03. The molecule has 0 amide bonds. The summed E-state index contributed by atoms with van der Waals surface area (Å²) >= 11 is 0. The van der Waals surface area contributed by atoms with Crippen LogP contribution in [0.2, 0.25) is 0 Å². The van der Waals surface area contributed by atoms with Crippen LogP contribution in [0.4, 0.5) is 5.69 Å². The Morgan fingerprint density at radius 3 is 2.50 bits per heavy atom. The molecule has 18 heavy (non-hydrogen) atoms. The summed E-state index contributed by atoms with van der Waals surface area (Å²) < 4.78 is 0. The highest BCUT2D eigenvalue weighted by Gasteiger charge is 2.18. The molecule has 0 unspecified atom stereocenters. The third-order valence-electron chi connectivity index (χ3n) is 2.09. The van der Waals surface area contributed by atoms with Gasteiger partial charge in [-0.15, -0.1) is 0 Å². The first-order chi connectivity index (χ1) is 8.43. The molecule has 0 aliphatic carbocycles. The second-order valence-electron chi connectivity index (χ2n) is 3.30. The van der Waals surface area contributed by atoms with Crippen LogP contribution >= 0.6 is 0 Å². The van der Waals surface area contributed by atoms with Gasteiger partial charge < -0.3 is 10.2 Å². The molecule has 1 rings (SSSR count). The highest BCUT2D eigenvalue weighted by molar-refractivity contribution is 5.94. The molecule has 2 N–H and O–H groups in total. The number of nitrogens with zero attached hydrogens (tertiary/aromatic N) is 1. The quantitative estimate of drug-likeness (QED) is 0.608. The van der Waals surface area contributed by atoms with Crippen LogP contribution in [0, 0.1) is 10.1 Å². The SMILES string of the molecule is O=C(O)CC=Cc1c(C(=O)O)cccc1[N+](=O)[O-]. The van der Waals surface area contributed by atoms with Crippen LogP contribution in [0.1, 0.15) is 22.3 Å². The fourth-order valence-electron chi connectivity index (χ4n) is 1.35. The molecule has 0 aliphatic rings. The number of aromatic carboxylic acids is 1. The largest absolute Gasteiger partial charge is 0.481 e. The zero-order chi connectivity index (χ0) is 13.7. The van der Waals surface area contributed by atoms with E-state index >= 15 is 0 Å². The molecule has 94 valence electrons. The number of carboxylic acid groups (broad SMARTS) is 2. The van der Waals surface area contributed by atoms with Crippen molar-refractivity contribution in [1.29, 1.82) is 0 Å². The van der Waals surface area contributed by atoms with Crippen molar-refractivity contribution in [2.24, 2.45) is 0 Å². The van der Waals surface area contributed by atoms with E-state index < -0.39 is 16.9 Å². The van der Waals surface area contributed by atoms with E-state index in [-0.39, 0.29) is 23.2 Å². The number of benzene rings is 1. The number of carboxylic acids is 2. The zero-order valence-electron chi connectivity index (χ0n) is 9.07. The summed E-state index contributed by atoms with van der Waals surface area (Å²) in [5, 5.41) is 28.1. The average Bonchev–Trinajstić information content (AvgIpc) is 2.28. The number of nitro groups is 1. The van der Waals surface area contributed by atoms with Crippen molar-refractivity contribution < 1.29 is 24.7 Å². The summed E-state index contributed by atoms with van der Waals surface area (Å²) in [6, 6.07) is 3.64. The van der Waals surface area contributed by atoms with E-state index in [0.29, 0.717) is 0 Å². The molecule has 0 fully saturated rings. The van der Waals surface area contributed by atoms with Crippen molar-refractivity contribution in [2.45, 2.75) is 6.42 Å². The van der Waals surface area contributed by atoms with Crippen LogP contribution in [0.5, 0.6) is 0 Å². The molecule has 1 aromatic carbocycles. The summed E-state index contributed by atoms with van der Waals surface area (Å²) in [6.07, 6.45) is 1.96. The number of rotatable bonds is 5. The zero-order valence-corrected chi connectivity index (χ0v) is 9.07. The van der Waals surface area contributed by atoms with Gasteiger partial charge in [0.1, 0.15) is 0 Å². The lowest BCUT2D eigenvalue weighted by molar-refractivity contribution is -0.385. The van der Waals surface area contributed by atoms with Gasteiger partial charge >= 0.3 is 11.9 Å². The van der Waals surface area contributed by atoms with Gasteiger partial charge in [0.15, 0.2) is 0 Å². The summed E-state index contributed by atoms with van der Waals surface area (Å²) in [4.78, 5) is 31.3. The van der Waals surface area contributed by atoms with Gasteiger partial charge in [-0.2, -0.15) is 0 Å².